The number of hydrogen-bond donors (Lipinski definition) is 0. The first-order valence-electron chi connectivity index (χ1n) is 7.70. The van der Waals surface area contributed by atoms with Gasteiger partial charge in [-0.2, -0.15) is 0 Å². The highest BCUT2D eigenvalue weighted by Gasteiger charge is 2.29. The number of Topliss-reactive ketones (excluding diaryl/α,β-unsaturated/α-hetero) is 1. The molecule has 0 N–H and O–H groups in total. The second-order valence-electron chi connectivity index (χ2n) is 5.91. The zero-order chi connectivity index (χ0) is 16.4. The Labute approximate surface area is 134 Å². The molecule has 1 aliphatic rings. The number of aromatic nitrogens is 5. The summed E-state index contributed by atoms with van der Waals surface area (Å²) in [5, 5.41) is 8.58. The van der Waals surface area contributed by atoms with Crippen molar-refractivity contribution in [2.45, 2.75) is 32.2 Å². The van der Waals surface area contributed by atoms with Gasteiger partial charge in [0.25, 0.3) is 5.91 Å². The lowest BCUT2D eigenvalue weighted by Gasteiger charge is -2.31. The molecule has 8 nitrogen and oxygen atoms in total. The van der Waals surface area contributed by atoms with Crippen LogP contribution in [0, 0.1) is 0 Å². The van der Waals surface area contributed by atoms with E-state index in [0.29, 0.717) is 19.6 Å². The number of piperidine rings is 1. The van der Waals surface area contributed by atoms with Gasteiger partial charge in [0.05, 0.1) is 12.9 Å². The molecule has 2 aromatic heterocycles. The Bertz CT molecular complexity index is 706. The van der Waals surface area contributed by atoms with Crippen LogP contribution in [-0.2, 0) is 23.2 Å². The van der Waals surface area contributed by atoms with Crippen molar-refractivity contribution in [2.24, 2.45) is 7.05 Å². The molecule has 2 aromatic rings. The van der Waals surface area contributed by atoms with E-state index in [-0.39, 0.29) is 5.92 Å². The summed E-state index contributed by atoms with van der Waals surface area (Å²) >= 11 is 0. The minimum Gasteiger partial charge on any atom is -0.335 e. The van der Waals surface area contributed by atoms with Crippen molar-refractivity contribution < 1.29 is 9.59 Å². The summed E-state index contributed by atoms with van der Waals surface area (Å²) < 4.78 is 3.91. The Morgan fingerprint density at radius 2 is 2.17 bits per heavy atom. The van der Waals surface area contributed by atoms with E-state index in [4.69, 9.17) is 0 Å². The molecule has 0 radical (unpaired) electrons. The average molecular weight is 316 g/mol. The largest absolute Gasteiger partial charge is 0.335 e. The van der Waals surface area contributed by atoms with Crippen LogP contribution in [0.5, 0.6) is 0 Å². The lowest BCUT2D eigenvalue weighted by atomic mass is 9.97. The lowest BCUT2D eigenvalue weighted by Crippen LogP contribution is -2.42. The molecular formula is C15H20N6O2. The van der Waals surface area contributed by atoms with Crippen LogP contribution < -0.4 is 0 Å². The van der Waals surface area contributed by atoms with Gasteiger partial charge in [-0.15, -0.1) is 10.2 Å². The zero-order valence-corrected chi connectivity index (χ0v) is 13.3. The molecule has 23 heavy (non-hydrogen) atoms. The van der Waals surface area contributed by atoms with Gasteiger partial charge < -0.3 is 14.0 Å². The summed E-state index contributed by atoms with van der Waals surface area (Å²) in [7, 11) is 1.94. The third-order valence-corrected chi connectivity index (χ3v) is 4.26. The van der Waals surface area contributed by atoms with Crippen molar-refractivity contribution in [3.63, 3.8) is 0 Å². The summed E-state index contributed by atoms with van der Waals surface area (Å²) in [6.07, 6.45) is 7.15. The Morgan fingerprint density at radius 3 is 2.87 bits per heavy atom. The summed E-state index contributed by atoms with van der Waals surface area (Å²) in [4.78, 5) is 28.8. The summed E-state index contributed by atoms with van der Waals surface area (Å²) in [6, 6.07) is 0. The molecule has 3 rings (SSSR count). The van der Waals surface area contributed by atoms with Gasteiger partial charge in [0.2, 0.25) is 5.78 Å². The van der Waals surface area contributed by atoms with Crippen LogP contribution in [0.2, 0.25) is 0 Å². The second-order valence-corrected chi connectivity index (χ2v) is 5.91. The molecule has 3 heterocycles. The highest BCUT2D eigenvalue weighted by molar-refractivity contribution is 6.35. The van der Waals surface area contributed by atoms with E-state index in [1.54, 1.807) is 17.4 Å². The van der Waals surface area contributed by atoms with Gasteiger partial charge in [-0.1, -0.05) is 0 Å². The van der Waals surface area contributed by atoms with Crippen molar-refractivity contribution in [3.05, 3.63) is 30.4 Å². The minimum absolute atomic E-state index is 0.112. The first kappa shape index (κ1) is 15.4. The third-order valence-electron chi connectivity index (χ3n) is 4.26. The van der Waals surface area contributed by atoms with Crippen molar-refractivity contribution in [3.8, 4) is 0 Å². The molecule has 1 saturated heterocycles. The average Bonchev–Trinajstić information content (AvgIpc) is 3.18. The first-order valence-corrected chi connectivity index (χ1v) is 7.70. The van der Waals surface area contributed by atoms with Gasteiger partial charge in [0.15, 0.2) is 5.82 Å². The van der Waals surface area contributed by atoms with E-state index in [1.165, 1.54) is 6.92 Å². The van der Waals surface area contributed by atoms with E-state index in [9.17, 15) is 9.59 Å². The standard InChI is InChI=1S/C15H20N6O2/c1-11(22)15(23)21-6-3-4-12(8-21)14-18-17-13(19(14)2)9-20-7-5-16-10-20/h5,7,10,12H,3-4,6,8-9H2,1-2H3/t12-/m0/s1. The molecule has 0 aliphatic carbocycles. The number of amides is 1. The molecule has 1 aliphatic heterocycles. The maximum absolute atomic E-state index is 11.9. The van der Waals surface area contributed by atoms with Gasteiger partial charge in [-0.25, -0.2) is 4.98 Å². The number of carbonyl (C=O) groups is 2. The first-order chi connectivity index (χ1) is 11.1. The van der Waals surface area contributed by atoms with Crippen LogP contribution in [0.25, 0.3) is 0 Å². The number of rotatable bonds is 4. The number of carbonyl (C=O) groups excluding carboxylic acids is 2. The molecular weight excluding hydrogens is 296 g/mol. The SMILES string of the molecule is CC(=O)C(=O)N1CCC[C@H](c2nnc(Cn3ccnc3)n2C)C1. The highest BCUT2D eigenvalue weighted by Crippen LogP contribution is 2.26. The van der Waals surface area contributed by atoms with Gasteiger partial charge in [0, 0.05) is 45.4 Å². The molecule has 1 fully saturated rings. The molecule has 1 atom stereocenters. The predicted octanol–water partition coefficient (Wildman–Crippen LogP) is 0.355. The number of ketones is 1. The Kier molecular flexibility index (Phi) is 4.22. The fourth-order valence-corrected chi connectivity index (χ4v) is 3.01. The van der Waals surface area contributed by atoms with Crippen LogP contribution in [-0.4, -0.2) is 54.0 Å². The molecule has 0 saturated carbocycles. The number of imidazole rings is 1. The number of hydrogen-bond acceptors (Lipinski definition) is 5. The molecule has 1 amide bonds. The molecule has 0 bridgehead atoms. The highest BCUT2D eigenvalue weighted by atomic mass is 16.2. The number of nitrogens with zero attached hydrogens (tertiary/aromatic N) is 6. The van der Waals surface area contributed by atoms with Crippen molar-refractivity contribution in [1.29, 1.82) is 0 Å². The summed E-state index contributed by atoms with van der Waals surface area (Å²) in [5.41, 5.74) is 0. The maximum atomic E-state index is 11.9. The smallest absolute Gasteiger partial charge is 0.289 e. The summed E-state index contributed by atoms with van der Waals surface area (Å²) in [5.74, 6) is 0.996. The van der Waals surface area contributed by atoms with E-state index in [1.807, 2.05) is 22.4 Å². The maximum Gasteiger partial charge on any atom is 0.289 e. The molecule has 0 spiro atoms. The van der Waals surface area contributed by atoms with E-state index < -0.39 is 11.7 Å². The van der Waals surface area contributed by atoms with Crippen LogP contribution >= 0.6 is 0 Å². The lowest BCUT2D eigenvalue weighted by molar-refractivity contribution is -0.144. The summed E-state index contributed by atoms with van der Waals surface area (Å²) in [6.45, 7) is 3.08. The number of likely N-dealkylation sites (tertiary alicyclic amines) is 1. The van der Waals surface area contributed by atoms with Crippen LogP contribution in [0.1, 0.15) is 37.3 Å². The molecule has 8 heteroatoms. The topological polar surface area (TPSA) is 85.9 Å². The molecule has 0 unspecified atom stereocenters. The van der Waals surface area contributed by atoms with Crippen LogP contribution in [0.4, 0.5) is 0 Å². The Hall–Kier alpha value is -2.51. The molecule has 122 valence electrons. The predicted molar refractivity (Wildman–Crippen MR) is 81.6 cm³/mol. The van der Waals surface area contributed by atoms with E-state index in [2.05, 4.69) is 15.2 Å². The van der Waals surface area contributed by atoms with Crippen molar-refractivity contribution in [1.82, 2.24) is 29.2 Å². The minimum atomic E-state index is -0.413. The van der Waals surface area contributed by atoms with Gasteiger partial charge >= 0.3 is 0 Å². The van der Waals surface area contributed by atoms with E-state index >= 15 is 0 Å². The normalized spacial score (nSPS) is 18.2. The Morgan fingerprint density at radius 1 is 1.35 bits per heavy atom. The van der Waals surface area contributed by atoms with Crippen molar-refractivity contribution >= 4 is 11.7 Å². The Balaban J connectivity index is 1.75. The zero-order valence-electron chi connectivity index (χ0n) is 13.3. The fraction of sp³-hybridized carbons (Fsp3) is 0.533. The monoisotopic (exact) mass is 316 g/mol. The fourth-order valence-electron chi connectivity index (χ4n) is 3.01. The quantitative estimate of drug-likeness (QED) is 0.760. The van der Waals surface area contributed by atoms with Crippen molar-refractivity contribution in [2.75, 3.05) is 13.1 Å². The second kappa shape index (κ2) is 6.31. The van der Waals surface area contributed by atoms with Gasteiger partial charge in [-0.3, -0.25) is 9.59 Å². The molecule has 0 aromatic carbocycles. The van der Waals surface area contributed by atoms with Gasteiger partial charge in [0.1, 0.15) is 5.82 Å². The van der Waals surface area contributed by atoms with Crippen LogP contribution in [0.3, 0.4) is 0 Å². The van der Waals surface area contributed by atoms with Gasteiger partial charge in [-0.05, 0) is 12.8 Å². The van der Waals surface area contributed by atoms with E-state index in [0.717, 1.165) is 24.5 Å². The van der Waals surface area contributed by atoms with Crippen LogP contribution in [0.15, 0.2) is 18.7 Å². The third kappa shape index (κ3) is 3.15.